The van der Waals surface area contributed by atoms with Gasteiger partial charge in [-0.05, 0) is 78.4 Å². The van der Waals surface area contributed by atoms with Crippen molar-refractivity contribution in [1.29, 1.82) is 0 Å². The van der Waals surface area contributed by atoms with E-state index in [0.717, 1.165) is 16.7 Å². The molecule has 0 spiro atoms. The zero-order chi connectivity index (χ0) is 35.1. The summed E-state index contributed by atoms with van der Waals surface area (Å²) in [5.74, 6) is -2.05. The first-order valence-electron chi connectivity index (χ1n) is 14.8. The number of hydrogen-bond acceptors (Lipinski definition) is 9. The van der Waals surface area contributed by atoms with Crippen molar-refractivity contribution in [3.05, 3.63) is 113 Å². The van der Waals surface area contributed by atoms with Gasteiger partial charge in [0.25, 0.3) is 11.8 Å². The van der Waals surface area contributed by atoms with Crippen molar-refractivity contribution in [1.82, 2.24) is 5.32 Å². The quantitative estimate of drug-likeness (QED) is 0.133. The Kier molecular flexibility index (Phi) is 10.6. The van der Waals surface area contributed by atoms with Gasteiger partial charge in [-0.3, -0.25) is 19.2 Å². The molecule has 4 aromatic rings. The number of rotatable bonds is 12. The number of nitrogens with one attached hydrogen (secondary N) is 2. The number of hydrogen-bond donors (Lipinski definition) is 3. The molecule has 4 amide bonds. The van der Waals surface area contributed by atoms with Crippen molar-refractivity contribution >= 4 is 58.8 Å². The molecule has 1 fully saturated rings. The molecule has 0 unspecified atom stereocenters. The van der Waals surface area contributed by atoms with Crippen LogP contribution in [0.5, 0.6) is 17.2 Å². The molecule has 1 aliphatic heterocycles. The van der Waals surface area contributed by atoms with Gasteiger partial charge in [-0.1, -0.05) is 24.3 Å². The molecule has 49 heavy (non-hydrogen) atoms. The van der Waals surface area contributed by atoms with E-state index in [4.69, 9.17) is 19.3 Å². The number of carboxylic acid groups (broad SMARTS) is 1. The summed E-state index contributed by atoms with van der Waals surface area (Å²) in [6, 6.07) is 23.9. The average Bonchev–Trinajstić information content (AvgIpc) is 3.39. The van der Waals surface area contributed by atoms with Gasteiger partial charge in [-0.15, -0.1) is 11.8 Å². The Bertz CT molecular complexity index is 1920. The maximum atomic E-state index is 13.7. The Morgan fingerprint density at radius 1 is 0.837 bits per heavy atom. The summed E-state index contributed by atoms with van der Waals surface area (Å²) in [5, 5.41) is 13.9. The molecular weight excluding hydrogens is 650 g/mol. The van der Waals surface area contributed by atoms with E-state index in [1.165, 1.54) is 51.7 Å². The van der Waals surface area contributed by atoms with Crippen LogP contribution in [0, 0.1) is 0 Å². The normalized spacial score (nSPS) is 14.3. The molecule has 4 aromatic carbocycles. The van der Waals surface area contributed by atoms with E-state index in [-0.39, 0.29) is 23.4 Å². The molecule has 13 heteroatoms. The summed E-state index contributed by atoms with van der Waals surface area (Å²) in [4.78, 5) is 65.7. The van der Waals surface area contributed by atoms with Crippen LogP contribution in [0.25, 0.3) is 6.08 Å². The summed E-state index contributed by atoms with van der Waals surface area (Å²) in [6.45, 7) is 0. The average molecular weight is 682 g/mol. The first-order chi connectivity index (χ1) is 23.6. The highest BCUT2D eigenvalue weighted by Crippen LogP contribution is 2.39. The lowest BCUT2D eigenvalue weighted by Crippen LogP contribution is -2.31. The lowest BCUT2D eigenvalue weighted by Gasteiger charge is -2.16. The van der Waals surface area contributed by atoms with Gasteiger partial charge < -0.3 is 30.0 Å². The van der Waals surface area contributed by atoms with E-state index in [1.807, 2.05) is 0 Å². The Morgan fingerprint density at radius 3 is 2.12 bits per heavy atom. The SMILES string of the molecule is COc1cc(/C=C(/NC(=O)c2ccccc2)C(=O)Nc2cccc(S[C@@H]3CC(=O)N(c4ccc(C(=O)O)cc4)C3=O)c2)cc(OC)c1OC. The monoisotopic (exact) mass is 681 g/mol. The van der Waals surface area contributed by atoms with Gasteiger partial charge >= 0.3 is 5.97 Å². The number of aromatic carboxylic acids is 1. The van der Waals surface area contributed by atoms with Crippen LogP contribution in [0.3, 0.4) is 0 Å². The van der Waals surface area contributed by atoms with Gasteiger partial charge in [0.1, 0.15) is 5.70 Å². The molecule has 0 aliphatic carbocycles. The first-order valence-corrected chi connectivity index (χ1v) is 15.7. The predicted molar refractivity (Wildman–Crippen MR) is 183 cm³/mol. The highest BCUT2D eigenvalue weighted by Gasteiger charge is 2.40. The third-order valence-electron chi connectivity index (χ3n) is 7.37. The molecule has 5 rings (SSSR count). The van der Waals surface area contributed by atoms with Gasteiger partial charge in [0, 0.05) is 22.6 Å². The van der Waals surface area contributed by atoms with Crippen LogP contribution in [0.4, 0.5) is 11.4 Å². The van der Waals surface area contributed by atoms with Crippen molar-refractivity contribution < 1.29 is 43.3 Å². The highest BCUT2D eigenvalue weighted by molar-refractivity contribution is 8.00. The number of methoxy groups -OCH3 is 3. The van der Waals surface area contributed by atoms with Crippen LogP contribution in [-0.2, 0) is 14.4 Å². The third kappa shape index (κ3) is 7.91. The Morgan fingerprint density at radius 2 is 1.51 bits per heavy atom. The molecule has 12 nitrogen and oxygen atoms in total. The van der Waals surface area contributed by atoms with Gasteiger partial charge in [0.2, 0.25) is 17.6 Å². The number of thioether (sulfide) groups is 1. The zero-order valence-electron chi connectivity index (χ0n) is 26.6. The minimum atomic E-state index is -1.12. The molecule has 1 atom stereocenters. The van der Waals surface area contributed by atoms with E-state index in [2.05, 4.69) is 10.6 Å². The first kappa shape index (κ1) is 34.3. The van der Waals surface area contributed by atoms with Crippen LogP contribution in [0.2, 0.25) is 0 Å². The smallest absolute Gasteiger partial charge is 0.335 e. The molecule has 1 saturated heterocycles. The number of carbonyl (C=O) groups is 5. The summed E-state index contributed by atoms with van der Waals surface area (Å²) in [5.41, 5.74) is 1.43. The second-order valence-corrected chi connectivity index (χ2v) is 11.8. The molecular formula is C36H31N3O9S. The second kappa shape index (κ2) is 15.2. The lowest BCUT2D eigenvalue weighted by atomic mass is 10.1. The van der Waals surface area contributed by atoms with E-state index in [9.17, 15) is 24.0 Å². The number of benzene rings is 4. The number of anilines is 2. The fourth-order valence-corrected chi connectivity index (χ4v) is 6.14. The number of carbonyl (C=O) groups excluding carboxylic acids is 4. The van der Waals surface area contributed by atoms with E-state index >= 15 is 0 Å². The number of carboxylic acids is 1. The third-order valence-corrected chi connectivity index (χ3v) is 8.55. The van der Waals surface area contributed by atoms with Crippen LogP contribution in [-0.4, -0.2) is 61.3 Å². The van der Waals surface area contributed by atoms with Gasteiger partial charge in [-0.2, -0.15) is 0 Å². The van der Waals surface area contributed by atoms with E-state index in [0.29, 0.717) is 39.0 Å². The van der Waals surface area contributed by atoms with Crippen LogP contribution >= 0.6 is 11.8 Å². The largest absolute Gasteiger partial charge is 0.493 e. The maximum absolute atomic E-state index is 13.7. The topological polar surface area (TPSA) is 161 Å². The lowest BCUT2D eigenvalue weighted by molar-refractivity contribution is -0.121. The molecule has 1 aliphatic rings. The number of nitrogens with zero attached hydrogens (tertiary/aromatic N) is 1. The number of imide groups is 1. The van der Waals surface area contributed by atoms with Crippen molar-refractivity contribution in [2.24, 2.45) is 0 Å². The minimum absolute atomic E-state index is 0.0359. The Balaban J connectivity index is 1.37. The molecule has 1 heterocycles. The van der Waals surface area contributed by atoms with Crippen molar-refractivity contribution in [3.63, 3.8) is 0 Å². The molecule has 0 bridgehead atoms. The number of amides is 4. The minimum Gasteiger partial charge on any atom is -0.493 e. The zero-order valence-corrected chi connectivity index (χ0v) is 27.4. The predicted octanol–water partition coefficient (Wildman–Crippen LogP) is 5.24. The Hall–Kier alpha value is -6.08. The Labute approximate surface area is 285 Å². The van der Waals surface area contributed by atoms with E-state index < -0.39 is 34.8 Å². The van der Waals surface area contributed by atoms with Crippen molar-refractivity contribution in [3.8, 4) is 17.2 Å². The van der Waals surface area contributed by atoms with Gasteiger partial charge in [0.05, 0.1) is 37.8 Å². The molecule has 3 N–H and O–H groups in total. The maximum Gasteiger partial charge on any atom is 0.335 e. The van der Waals surface area contributed by atoms with Crippen LogP contribution < -0.4 is 29.7 Å². The van der Waals surface area contributed by atoms with Crippen molar-refractivity contribution in [2.45, 2.75) is 16.6 Å². The highest BCUT2D eigenvalue weighted by atomic mass is 32.2. The van der Waals surface area contributed by atoms with Gasteiger partial charge in [0.15, 0.2) is 11.5 Å². The molecule has 0 aromatic heterocycles. The van der Waals surface area contributed by atoms with Gasteiger partial charge in [-0.25, -0.2) is 9.69 Å². The van der Waals surface area contributed by atoms with Crippen LogP contribution in [0.15, 0.2) is 102 Å². The fourth-order valence-electron chi connectivity index (χ4n) is 5.02. The van der Waals surface area contributed by atoms with E-state index in [1.54, 1.807) is 66.7 Å². The molecule has 250 valence electrons. The van der Waals surface area contributed by atoms with Crippen LogP contribution in [0.1, 0.15) is 32.7 Å². The summed E-state index contributed by atoms with van der Waals surface area (Å²) in [7, 11) is 4.40. The number of ether oxygens (including phenoxy) is 3. The fraction of sp³-hybridized carbons (Fsp3) is 0.139. The van der Waals surface area contributed by atoms with Crippen molar-refractivity contribution in [2.75, 3.05) is 31.5 Å². The summed E-state index contributed by atoms with van der Waals surface area (Å²) >= 11 is 1.16. The second-order valence-electron chi connectivity index (χ2n) is 10.5. The summed E-state index contributed by atoms with van der Waals surface area (Å²) < 4.78 is 16.3. The molecule has 0 radical (unpaired) electrons. The summed E-state index contributed by atoms with van der Waals surface area (Å²) in [6.07, 6.45) is 1.41. The standard InChI is InChI=1S/C36H31N3O9S/c1-46-28-17-21(18-29(47-2)32(28)48-3)16-27(38-33(41)22-8-5-4-6-9-22)34(42)37-24-10-7-11-26(19-24)49-30-20-31(40)39(35(30)43)25-14-12-23(13-15-25)36(44)45/h4-19,30H,20H2,1-3H3,(H,37,42)(H,38,41)(H,44,45)/b27-16+/t30-/m1/s1. The molecule has 0 saturated carbocycles.